The van der Waals surface area contributed by atoms with Crippen LogP contribution in [0.4, 0.5) is 0 Å². The fraction of sp³-hybridized carbons (Fsp3) is 0.357. The van der Waals surface area contributed by atoms with E-state index in [1.807, 2.05) is 25.4 Å². The Morgan fingerprint density at radius 1 is 1.10 bits per heavy atom. The molecule has 1 atom stereocenters. The van der Waals surface area contributed by atoms with Gasteiger partial charge in [0, 0.05) is 24.9 Å². The Bertz CT molecular complexity index is 612. The van der Waals surface area contributed by atoms with Gasteiger partial charge in [-0.25, -0.2) is 5.43 Å². The Hall–Kier alpha value is -2.25. The number of aromatic nitrogens is 2. The van der Waals surface area contributed by atoms with E-state index in [2.05, 4.69) is 10.5 Å². The van der Waals surface area contributed by atoms with Crippen molar-refractivity contribution in [1.82, 2.24) is 15.2 Å². The minimum atomic E-state index is -0.319. The van der Waals surface area contributed by atoms with Crippen LogP contribution in [-0.2, 0) is 7.05 Å². The van der Waals surface area contributed by atoms with E-state index in [0.29, 0.717) is 17.2 Å². The maximum Gasteiger partial charge on any atom is 0.164 e. The molecule has 0 amide bonds. The van der Waals surface area contributed by atoms with Crippen LogP contribution in [0.25, 0.3) is 0 Å². The van der Waals surface area contributed by atoms with Crippen LogP contribution in [0.15, 0.2) is 24.4 Å². The van der Waals surface area contributed by atoms with Crippen molar-refractivity contribution < 1.29 is 14.2 Å². The lowest BCUT2D eigenvalue weighted by molar-refractivity contribution is 0.346. The number of ether oxygens (including phenoxy) is 3. The van der Waals surface area contributed by atoms with E-state index in [4.69, 9.17) is 20.1 Å². The highest BCUT2D eigenvalue weighted by molar-refractivity contribution is 5.53. The molecule has 0 saturated heterocycles. The number of nitrogens with two attached hydrogens (primary N) is 1. The van der Waals surface area contributed by atoms with Crippen molar-refractivity contribution in [2.75, 3.05) is 21.3 Å². The van der Waals surface area contributed by atoms with Crippen molar-refractivity contribution in [2.24, 2.45) is 12.9 Å². The lowest BCUT2D eigenvalue weighted by atomic mass is 10.0. The Kier molecular flexibility index (Phi) is 4.66. The molecule has 114 valence electrons. The number of hydrogen-bond acceptors (Lipinski definition) is 6. The highest BCUT2D eigenvalue weighted by Gasteiger charge is 2.22. The second kappa shape index (κ2) is 6.47. The Labute approximate surface area is 123 Å². The third kappa shape index (κ3) is 2.93. The highest BCUT2D eigenvalue weighted by atomic mass is 16.5. The zero-order valence-electron chi connectivity index (χ0n) is 12.6. The lowest BCUT2D eigenvalue weighted by Gasteiger charge is -2.19. The predicted octanol–water partition coefficient (Wildman–Crippen LogP) is 0.999. The van der Waals surface area contributed by atoms with E-state index in [-0.39, 0.29) is 6.04 Å². The molecule has 2 aromatic rings. The first-order valence-corrected chi connectivity index (χ1v) is 6.40. The van der Waals surface area contributed by atoms with Crippen LogP contribution >= 0.6 is 0 Å². The van der Waals surface area contributed by atoms with E-state index >= 15 is 0 Å². The summed E-state index contributed by atoms with van der Waals surface area (Å²) in [5.74, 6) is 7.54. The van der Waals surface area contributed by atoms with Gasteiger partial charge < -0.3 is 14.2 Å². The molecule has 1 aromatic heterocycles. The number of nitrogens with one attached hydrogen (secondary N) is 1. The standard InChI is InChI=1S/C14H20N4O3/c1-18-6-5-10(17-18)14(16-15)9-7-12(20-3)13(21-4)8-11(9)19-2/h5-8,14,16H,15H2,1-4H3. The number of hydrogen-bond donors (Lipinski definition) is 2. The molecule has 7 heteroatoms. The van der Waals surface area contributed by atoms with Gasteiger partial charge in [-0.1, -0.05) is 0 Å². The van der Waals surface area contributed by atoms with Crippen LogP contribution in [0.5, 0.6) is 17.2 Å². The molecular formula is C14H20N4O3. The summed E-state index contributed by atoms with van der Waals surface area (Å²) >= 11 is 0. The molecule has 0 fully saturated rings. The van der Waals surface area contributed by atoms with Crippen molar-refractivity contribution in [3.05, 3.63) is 35.7 Å². The first-order chi connectivity index (χ1) is 10.1. The number of benzene rings is 1. The second-order valence-electron chi connectivity index (χ2n) is 4.46. The van der Waals surface area contributed by atoms with Crippen molar-refractivity contribution in [3.63, 3.8) is 0 Å². The molecule has 3 N–H and O–H groups in total. The van der Waals surface area contributed by atoms with Crippen LogP contribution in [0.1, 0.15) is 17.3 Å². The zero-order valence-corrected chi connectivity index (χ0v) is 12.6. The number of rotatable bonds is 6. The molecule has 0 aliphatic heterocycles. The third-order valence-electron chi connectivity index (χ3n) is 3.24. The Morgan fingerprint density at radius 3 is 2.19 bits per heavy atom. The van der Waals surface area contributed by atoms with Crippen LogP contribution < -0.4 is 25.5 Å². The summed E-state index contributed by atoms with van der Waals surface area (Å²) in [6.07, 6.45) is 1.85. The van der Waals surface area contributed by atoms with Gasteiger partial charge in [0.05, 0.1) is 33.1 Å². The summed E-state index contributed by atoms with van der Waals surface area (Å²) < 4.78 is 17.8. The van der Waals surface area contributed by atoms with Gasteiger partial charge >= 0.3 is 0 Å². The van der Waals surface area contributed by atoms with E-state index < -0.39 is 0 Å². The van der Waals surface area contributed by atoms with Gasteiger partial charge in [-0.15, -0.1) is 0 Å². The maximum atomic E-state index is 5.70. The average Bonchev–Trinajstić information content (AvgIpc) is 2.93. The zero-order chi connectivity index (χ0) is 15.4. The number of nitrogens with zero attached hydrogens (tertiary/aromatic N) is 2. The number of hydrazine groups is 1. The van der Waals surface area contributed by atoms with Crippen LogP contribution in [-0.4, -0.2) is 31.1 Å². The molecule has 0 radical (unpaired) electrons. The molecule has 0 bridgehead atoms. The van der Waals surface area contributed by atoms with E-state index in [9.17, 15) is 0 Å². The highest BCUT2D eigenvalue weighted by Crippen LogP contribution is 2.38. The smallest absolute Gasteiger partial charge is 0.164 e. The van der Waals surface area contributed by atoms with E-state index in [0.717, 1.165) is 11.3 Å². The van der Waals surface area contributed by atoms with E-state index in [1.54, 1.807) is 32.1 Å². The molecule has 7 nitrogen and oxygen atoms in total. The van der Waals surface area contributed by atoms with Crippen LogP contribution in [0.3, 0.4) is 0 Å². The molecule has 1 unspecified atom stereocenters. The van der Waals surface area contributed by atoms with Crippen LogP contribution in [0.2, 0.25) is 0 Å². The normalized spacial score (nSPS) is 12.0. The first kappa shape index (κ1) is 15.1. The van der Waals surface area contributed by atoms with Gasteiger partial charge in [0.1, 0.15) is 5.75 Å². The van der Waals surface area contributed by atoms with Gasteiger partial charge in [-0.05, 0) is 12.1 Å². The third-order valence-corrected chi connectivity index (χ3v) is 3.24. The fourth-order valence-corrected chi connectivity index (χ4v) is 2.20. The quantitative estimate of drug-likeness (QED) is 0.610. The summed E-state index contributed by atoms with van der Waals surface area (Å²) in [4.78, 5) is 0. The lowest BCUT2D eigenvalue weighted by Crippen LogP contribution is -2.29. The number of methoxy groups -OCH3 is 3. The Morgan fingerprint density at radius 2 is 1.71 bits per heavy atom. The SMILES string of the molecule is COc1cc(OC)c(C(NN)c2ccn(C)n2)cc1OC. The summed E-state index contributed by atoms with van der Waals surface area (Å²) in [6, 6.07) is 5.17. The summed E-state index contributed by atoms with van der Waals surface area (Å²) in [5.41, 5.74) is 4.36. The van der Waals surface area contributed by atoms with Crippen molar-refractivity contribution in [1.29, 1.82) is 0 Å². The van der Waals surface area contributed by atoms with Gasteiger partial charge in [0.15, 0.2) is 11.5 Å². The van der Waals surface area contributed by atoms with Crippen molar-refractivity contribution in [2.45, 2.75) is 6.04 Å². The van der Waals surface area contributed by atoms with Crippen LogP contribution in [0, 0.1) is 0 Å². The van der Waals surface area contributed by atoms with Gasteiger partial charge in [0.25, 0.3) is 0 Å². The summed E-state index contributed by atoms with van der Waals surface area (Å²) in [6.45, 7) is 0. The fourth-order valence-electron chi connectivity index (χ4n) is 2.20. The predicted molar refractivity (Wildman–Crippen MR) is 78.5 cm³/mol. The molecule has 0 spiro atoms. The number of aryl methyl sites for hydroxylation is 1. The second-order valence-corrected chi connectivity index (χ2v) is 4.46. The average molecular weight is 292 g/mol. The molecule has 0 aliphatic rings. The molecule has 1 heterocycles. The van der Waals surface area contributed by atoms with Gasteiger partial charge in [0.2, 0.25) is 0 Å². The molecule has 1 aromatic carbocycles. The summed E-state index contributed by atoms with van der Waals surface area (Å²) in [5, 5.41) is 4.38. The Balaban J connectivity index is 2.54. The molecular weight excluding hydrogens is 272 g/mol. The molecule has 2 rings (SSSR count). The minimum absolute atomic E-state index is 0.319. The molecule has 0 saturated carbocycles. The first-order valence-electron chi connectivity index (χ1n) is 6.40. The van der Waals surface area contributed by atoms with Crippen molar-refractivity contribution in [3.8, 4) is 17.2 Å². The minimum Gasteiger partial charge on any atom is -0.496 e. The molecule has 21 heavy (non-hydrogen) atoms. The van der Waals surface area contributed by atoms with Gasteiger partial charge in [-0.3, -0.25) is 10.5 Å². The van der Waals surface area contributed by atoms with Crippen molar-refractivity contribution >= 4 is 0 Å². The summed E-state index contributed by atoms with van der Waals surface area (Å²) in [7, 11) is 6.60. The maximum absolute atomic E-state index is 5.70. The topological polar surface area (TPSA) is 83.6 Å². The largest absolute Gasteiger partial charge is 0.496 e. The monoisotopic (exact) mass is 292 g/mol. The van der Waals surface area contributed by atoms with Gasteiger partial charge in [-0.2, -0.15) is 5.10 Å². The van der Waals surface area contributed by atoms with E-state index in [1.165, 1.54) is 0 Å². The molecule has 0 aliphatic carbocycles.